The Morgan fingerprint density at radius 3 is 2.33 bits per heavy atom. The second-order valence-electron chi connectivity index (χ2n) is 8.99. The zero-order valence-corrected chi connectivity index (χ0v) is 18.4. The maximum absolute atomic E-state index is 12.9. The summed E-state index contributed by atoms with van der Waals surface area (Å²) in [4.78, 5) is 27.4. The van der Waals surface area contributed by atoms with Gasteiger partial charge in [-0.25, -0.2) is 17.5 Å². The number of para-hydroxylation sites is 1. The number of piperidine rings is 1. The third-order valence-corrected chi connectivity index (χ3v) is 8.76. The molecule has 1 aromatic carbocycles. The number of anilines is 1. The van der Waals surface area contributed by atoms with Crippen molar-refractivity contribution in [3.8, 4) is 0 Å². The van der Waals surface area contributed by atoms with Gasteiger partial charge >= 0.3 is 6.03 Å². The number of amides is 3. The van der Waals surface area contributed by atoms with Gasteiger partial charge in [-0.05, 0) is 49.1 Å². The third kappa shape index (κ3) is 3.47. The average Bonchev–Trinajstić information content (AvgIpc) is 3.26. The molecule has 2 heterocycles. The van der Waals surface area contributed by atoms with E-state index in [9.17, 15) is 18.0 Å². The first-order valence-electron chi connectivity index (χ1n) is 10.5. The van der Waals surface area contributed by atoms with E-state index in [-0.39, 0.29) is 29.8 Å². The summed E-state index contributed by atoms with van der Waals surface area (Å²) in [5.74, 6) is -0.0706. The van der Waals surface area contributed by atoms with Crippen molar-refractivity contribution in [1.82, 2.24) is 14.5 Å². The van der Waals surface area contributed by atoms with E-state index >= 15 is 0 Å². The van der Waals surface area contributed by atoms with E-state index in [4.69, 9.17) is 0 Å². The summed E-state index contributed by atoms with van der Waals surface area (Å²) < 4.78 is 25.9. The maximum atomic E-state index is 12.9. The van der Waals surface area contributed by atoms with Crippen molar-refractivity contribution < 1.29 is 18.0 Å². The molecule has 0 unspecified atom stereocenters. The summed E-state index contributed by atoms with van der Waals surface area (Å²) in [6, 6.07) is 9.26. The van der Waals surface area contributed by atoms with E-state index < -0.39 is 15.4 Å². The highest BCUT2D eigenvalue weighted by molar-refractivity contribution is 7.88. The fourth-order valence-corrected chi connectivity index (χ4v) is 6.75. The lowest BCUT2D eigenvalue weighted by Crippen LogP contribution is -2.50. The van der Waals surface area contributed by atoms with Gasteiger partial charge in [0, 0.05) is 38.9 Å². The fourth-order valence-electron chi connectivity index (χ4n) is 5.87. The highest BCUT2D eigenvalue weighted by Gasteiger charge is 2.65. The second-order valence-corrected chi connectivity index (χ2v) is 11.0. The Hall–Kier alpha value is -2.13. The molecule has 2 aliphatic heterocycles. The molecule has 2 saturated heterocycles. The Balaban J connectivity index is 1.49. The zero-order chi connectivity index (χ0) is 21.6. The Morgan fingerprint density at radius 2 is 1.73 bits per heavy atom. The molecule has 0 aromatic heterocycles. The van der Waals surface area contributed by atoms with Gasteiger partial charge in [0.2, 0.25) is 15.9 Å². The summed E-state index contributed by atoms with van der Waals surface area (Å²) in [5, 5.41) is 5.72. The largest absolute Gasteiger partial charge is 0.359 e. The van der Waals surface area contributed by atoms with E-state index in [0.717, 1.165) is 24.9 Å². The molecule has 4 rings (SSSR count). The molecule has 1 saturated carbocycles. The molecule has 8 nitrogen and oxygen atoms in total. The minimum absolute atomic E-state index is 0.0148. The zero-order valence-electron chi connectivity index (χ0n) is 17.6. The quantitative estimate of drug-likeness (QED) is 0.757. The van der Waals surface area contributed by atoms with Crippen molar-refractivity contribution in [1.29, 1.82) is 0 Å². The first kappa shape index (κ1) is 21.1. The number of fused-ring (bicyclic) bond motifs is 2. The van der Waals surface area contributed by atoms with Gasteiger partial charge in [0.25, 0.3) is 0 Å². The van der Waals surface area contributed by atoms with Crippen molar-refractivity contribution in [2.24, 2.45) is 16.7 Å². The predicted molar refractivity (Wildman–Crippen MR) is 114 cm³/mol. The molecule has 9 heteroatoms. The van der Waals surface area contributed by atoms with Crippen LogP contribution in [0.4, 0.5) is 10.5 Å². The van der Waals surface area contributed by atoms with Crippen LogP contribution in [-0.4, -0.2) is 69.0 Å². The Bertz CT molecular complexity index is 928. The van der Waals surface area contributed by atoms with Gasteiger partial charge in [-0.2, -0.15) is 0 Å². The summed E-state index contributed by atoms with van der Waals surface area (Å²) in [6.45, 7) is 1.87. The third-order valence-electron chi connectivity index (χ3n) is 7.54. The summed E-state index contributed by atoms with van der Waals surface area (Å²) >= 11 is 0. The van der Waals surface area contributed by atoms with Crippen molar-refractivity contribution in [2.75, 3.05) is 44.8 Å². The van der Waals surface area contributed by atoms with Crippen LogP contribution in [0.5, 0.6) is 0 Å². The maximum Gasteiger partial charge on any atom is 0.321 e. The average molecular weight is 435 g/mol. The minimum atomic E-state index is -3.36. The van der Waals surface area contributed by atoms with Crippen molar-refractivity contribution in [3.63, 3.8) is 0 Å². The molecule has 30 heavy (non-hydrogen) atoms. The number of nitrogens with one attached hydrogen (secondary N) is 2. The number of benzene rings is 1. The fraction of sp³-hybridized carbons (Fsp3) is 0.619. The first-order valence-corrected chi connectivity index (χ1v) is 12.3. The number of urea groups is 1. The van der Waals surface area contributed by atoms with Crippen LogP contribution < -0.4 is 10.6 Å². The number of likely N-dealkylation sites (tertiary alicyclic amines) is 1. The number of carbonyl (C=O) groups excluding carboxylic acids is 2. The number of hydrogen-bond donors (Lipinski definition) is 2. The molecule has 0 radical (unpaired) electrons. The van der Waals surface area contributed by atoms with Crippen LogP contribution in [0.25, 0.3) is 0 Å². The van der Waals surface area contributed by atoms with E-state index in [1.807, 2.05) is 35.2 Å². The normalized spacial score (nSPS) is 28.3. The van der Waals surface area contributed by atoms with Gasteiger partial charge in [-0.15, -0.1) is 0 Å². The molecule has 1 spiro atoms. The van der Waals surface area contributed by atoms with E-state index in [0.29, 0.717) is 26.1 Å². The highest BCUT2D eigenvalue weighted by atomic mass is 32.2. The van der Waals surface area contributed by atoms with Gasteiger partial charge in [0.1, 0.15) is 0 Å². The molecule has 1 aromatic rings. The lowest BCUT2D eigenvalue weighted by Gasteiger charge is -2.44. The van der Waals surface area contributed by atoms with Crippen LogP contribution in [0, 0.1) is 16.7 Å². The van der Waals surface area contributed by atoms with Gasteiger partial charge < -0.3 is 15.5 Å². The topological polar surface area (TPSA) is 98.8 Å². The van der Waals surface area contributed by atoms with E-state index in [1.54, 1.807) is 7.05 Å². The van der Waals surface area contributed by atoms with Crippen LogP contribution >= 0.6 is 0 Å². The van der Waals surface area contributed by atoms with Crippen LogP contribution in [0.3, 0.4) is 0 Å². The minimum Gasteiger partial charge on any atom is -0.359 e. The lowest BCUT2D eigenvalue weighted by atomic mass is 9.65. The molecule has 0 bridgehead atoms. The number of hydrogen-bond acceptors (Lipinski definition) is 4. The monoisotopic (exact) mass is 434 g/mol. The molecule has 1 aliphatic carbocycles. The van der Waals surface area contributed by atoms with Crippen LogP contribution in [-0.2, 0) is 14.8 Å². The van der Waals surface area contributed by atoms with Gasteiger partial charge in [-0.3, -0.25) is 4.79 Å². The van der Waals surface area contributed by atoms with Crippen LogP contribution in [0.1, 0.15) is 25.7 Å². The Kier molecular flexibility index (Phi) is 5.30. The first-order chi connectivity index (χ1) is 14.2. The Labute approximate surface area is 178 Å². The summed E-state index contributed by atoms with van der Waals surface area (Å²) in [6.07, 6.45) is 4.39. The molecule has 164 valence electrons. The number of nitrogens with zero attached hydrogens (tertiary/aromatic N) is 2. The van der Waals surface area contributed by atoms with Crippen LogP contribution in [0.15, 0.2) is 30.3 Å². The molecular weight excluding hydrogens is 404 g/mol. The van der Waals surface area contributed by atoms with Gasteiger partial charge in [-0.1, -0.05) is 18.2 Å². The highest BCUT2D eigenvalue weighted by Crippen LogP contribution is 2.62. The number of sulfonamides is 1. The standard InChI is InChI=1S/C21H30N4O4S/c1-22-18(26)21-9-8-20(17(21)14-25(15-21)30(2,28)29)10-12-24(13-11-20)19(27)23-16-6-4-3-5-7-16/h3-7,17H,8-15H2,1-2H3,(H,22,26)(H,23,27)/t17-,21+/m1/s1. The van der Waals surface area contributed by atoms with Crippen molar-refractivity contribution in [2.45, 2.75) is 25.7 Å². The molecule has 2 atom stereocenters. The molecule has 3 amide bonds. The predicted octanol–water partition coefficient (Wildman–Crippen LogP) is 1.72. The molecule has 2 N–H and O–H groups in total. The Morgan fingerprint density at radius 1 is 1.07 bits per heavy atom. The number of carbonyl (C=O) groups is 2. The smallest absolute Gasteiger partial charge is 0.321 e. The summed E-state index contributed by atoms with van der Waals surface area (Å²) in [5.41, 5.74) is 0.00350. The van der Waals surface area contributed by atoms with Crippen molar-refractivity contribution >= 4 is 27.6 Å². The van der Waals surface area contributed by atoms with Crippen molar-refractivity contribution in [3.05, 3.63) is 30.3 Å². The SMILES string of the molecule is CNC(=O)[C@]12CCC3(CCN(C(=O)Nc4ccccc4)CC3)[C@H]1CN(S(C)(=O)=O)C2. The molecule has 3 aliphatic rings. The van der Waals surface area contributed by atoms with E-state index in [2.05, 4.69) is 10.6 Å². The van der Waals surface area contributed by atoms with Crippen LogP contribution in [0.2, 0.25) is 0 Å². The lowest BCUT2D eigenvalue weighted by molar-refractivity contribution is -0.132. The van der Waals surface area contributed by atoms with E-state index in [1.165, 1.54) is 10.6 Å². The second kappa shape index (κ2) is 7.53. The summed E-state index contributed by atoms with van der Waals surface area (Å²) in [7, 11) is -1.74. The number of rotatable bonds is 3. The van der Waals surface area contributed by atoms with Gasteiger partial charge in [0.05, 0.1) is 11.7 Å². The molecular formula is C21H30N4O4S. The molecule has 3 fully saturated rings. The van der Waals surface area contributed by atoms with Gasteiger partial charge in [0.15, 0.2) is 0 Å².